The van der Waals surface area contributed by atoms with Gasteiger partial charge in [0.1, 0.15) is 6.33 Å². The summed E-state index contributed by atoms with van der Waals surface area (Å²) in [5.74, 6) is 0.265. The molecule has 1 amide bonds. The summed E-state index contributed by atoms with van der Waals surface area (Å²) in [4.78, 5) is 25.8. The molecule has 2 aromatic heterocycles. The summed E-state index contributed by atoms with van der Waals surface area (Å²) in [5.41, 5.74) is 1.42. The molecule has 1 saturated carbocycles. The van der Waals surface area contributed by atoms with Gasteiger partial charge in [0.25, 0.3) is 0 Å². The van der Waals surface area contributed by atoms with E-state index in [2.05, 4.69) is 20.0 Å². The van der Waals surface area contributed by atoms with E-state index in [1.54, 1.807) is 24.7 Å². The van der Waals surface area contributed by atoms with Crippen molar-refractivity contribution in [2.75, 3.05) is 0 Å². The van der Waals surface area contributed by atoms with Crippen LogP contribution in [0.4, 0.5) is 4.79 Å². The van der Waals surface area contributed by atoms with Crippen LogP contribution in [-0.4, -0.2) is 47.1 Å². The van der Waals surface area contributed by atoms with Crippen molar-refractivity contribution >= 4 is 27.5 Å². The van der Waals surface area contributed by atoms with Crippen molar-refractivity contribution in [2.24, 2.45) is 0 Å². The Hall–Kier alpha value is -2.89. The van der Waals surface area contributed by atoms with E-state index in [1.807, 2.05) is 46.8 Å². The molecule has 2 N–H and O–H groups in total. The van der Waals surface area contributed by atoms with Crippen LogP contribution in [0.3, 0.4) is 0 Å². The molecule has 0 unspecified atom stereocenters. The minimum absolute atomic E-state index is 0.0895. The molecule has 0 saturated heterocycles. The van der Waals surface area contributed by atoms with Gasteiger partial charge in [-0.1, -0.05) is 12.1 Å². The van der Waals surface area contributed by atoms with Crippen LogP contribution in [0.15, 0.2) is 48.0 Å². The van der Waals surface area contributed by atoms with Crippen molar-refractivity contribution in [3.05, 3.63) is 48.1 Å². The van der Waals surface area contributed by atoms with Gasteiger partial charge in [-0.05, 0) is 71.9 Å². The summed E-state index contributed by atoms with van der Waals surface area (Å²) in [7, 11) is -3.83. The third-order valence-corrected chi connectivity index (χ3v) is 9.13. The summed E-state index contributed by atoms with van der Waals surface area (Å²) in [5, 5.41) is 3.94. The van der Waals surface area contributed by atoms with Crippen LogP contribution in [0.1, 0.15) is 71.2 Å². The van der Waals surface area contributed by atoms with Crippen LogP contribution in [0.5, 0.6) is 0 Å². The largest absolute Gasteiger partial charge is 0.447 e. The maximum absolute atomic E-state index is 13.5. The number of carbonyl (C=O) groups is 1. The first-order valence-electron chi connectivity index (χ1n) is 12.8. The lowest BCUT2D eigenvalue weighted by Crippen LogP contribution is -2.40. The van der Waals surface area contributed by atoms with Crippen LogP contribution in [0.2, 0.25) is 0 Å². The number of rotatable bonds is 7. The first-order valence-corrected chi connectivity index (χ1v) is 15.1. The van der Waals surface area contributed by atoms with Crippen molar-refractivity contribution in [2.45, 2.75) is 88.8 Å². The van der Waals surface area contributed by atoms with Gasteiger partial charge < -0.3 is 10.1 Å². The average molecular weight is 558 g/mol. The minimum Gasteiger partial charge on any atom is -0.447 e. The van der Waals surface area contributed by atoms with Gasteiger partial charge in [0.05, 0.1) is 20.9 Å². The number of hydrogen-bond acceptors (Lipinski definition) is 8. The van der Waals surface area contributed by atoms with E-state index in [0.29, 0.717) is 5.56 Å². The fourth-order valence-corrected chi connectivity index (χ4v) is 7.39. The Morgan fingerprint density at radius 1 is 1.05 bits per heavy atom. The number of nitrogens with zero attached hydrogens (tertiary/aromatic N) is 3. The van der Waals surface area contributed by atoms with E-state index in [0.717, 1.165) is 46.7 Å². The number of hydrogen-bond donors (Lipinski definition) is 2. The van der Waals surface area contributed by atoms with Crippen LogP contribution in [0.25, 0.3) is 21.6 Å². The van der Waals surface area contributed by atoms with E-state index in [9.17, 15) is 13.2 Å². The van der Waals surface area contributed by atoms with Crippen molar-refractivity contribution in [3.63, 3.8) is 0 Å². The number of alkyl carbamates (subject to hydrolysis) is 1. The average Bonchev–Trinajstić information content (AvgIpc) is 3.33. The molecule has 2 heterocycles. The highest BCUT2D eigenvalue weighted by molar-refractivity contribution is 7.89. The van der Waals surface area contributed by atoms with E-state index in [4.69, 9.17) is 9.72 Å². The Balaban J connectivity index is 1.58. The molecule has 1 aromatic carbocycles. The zero-order valence-electron chi connectivity index (χ0n) is 22.4. The monoisotopic (exact) mass is 557 g/mol. The van der Waals surface area contributed by atoms with Crippen molar-refractivity contribution in [1.29, 1.82) is 0 Å². The van der Waals surface area contributed by atoms with Gasteiger partial charge >= 0.3 is 6.09 Å². The van der Waals surface area contributed by atoms with Crippen LogP contribution < -0.4 is 10.0 Å². The van der Waals surface area contributed by atoms with E-state index >= 15 is 0 Å². The van der Waals surface area contributed by atoms with Gasteiger partial charge in [0.2, 0.25) is 10.0 Å². The van der Waals surface area contributed by atoms with Crippen molar-refractivity contribution in [3.8, 4) is 21.6 Å². The molecule has 204 valence electrons. The highest BCUT2D eigenvalue weighted by Crippen LogP contribution is 2.40. The predicted octanol–water partition coefficient (Wildman–Crippen LogP) is 5.50. The molecular weight excluding hydrogens is 522 g/mol. The summed E-state index contributed by atoms with van der Waals surface area (Å²) in [6.07, 6.45) is 9.48. The molecule has 1 fully saturated rings. The summed E-state index contributed by atoms with van der Waals surface area (Å²) < 4.78 is 35.0. The Morgan fingerprint density at radius 2 is 1.74 bits per heavy atom. The van der Waals surface area contributed by atoms with Crippen LogP contribution in [0, 0.1) is 0 Å². The molecular formula is C27H35N5O4S2. The molecule has 1 aliphatic carbocycles. The normalized spacial score (nSPS) is 18.4. The zero-order chi connectivity index (χ0) is 27.5. The molecule has 0 aliphatic heterocycles. The molecule has 1 aliphatic rings. The molecule has 0 atom stereocenters. The standard InChI is InChI=1S/C27H35N5O4S2/c1-17(2)36-26(33)31-21-9-6-18(7-10-21)25-30-15-23(37-25)22-11-8-19(20-13-28-16-29-14-20)12-24(22)38(34,35)32-27(3,4)5/h8,11-18,21,32H,6-7,9-10H2,1-5H3,(H,31,33)/t18-,21-. The molecule has 11 heteroatoms. The lowest BCUT2D eigenvalue weighted by molar-refractivity contribution is 0.109. The topological polar surface area (TPSA) is 123 Å². The number of benzene rings is 1. The fraction of sp³-hybridized carbons (Fsp3) is 0.481. The lowest BCUT2D eigenvalue weighted by Gasteiger charge is -2.28. The second kappa shape index (κ2) is 11.5. The number of ether oxygens (including phenoxy) is 1. The molecule has 0 spiro atoms. The predicted molar refractivity (Wildman–Crippen MR) is 148 cm³/mol. The van der Waals surface area contributed by atoms with Gasteiger partial charge in [0, 0.05) is 47.2 Å². The Morgan fingerprint density at radius 3 is 2.37 bits per heavy atom. The zero-order valence-corrected chi connectivity index (χ0v) is 24.0. The van der Waals surface area contributed by atoms with Crippen molar-refractivity contribution < 1.29 is 17.9 Å². The fourth-order valence-electron chi connectivity index (χ4n) is 4.53. The highest BCUT2D eigenvalue weighted by atomic mass is 32.2. The molecule has 3 aromatic rings. The van der Waals surface area contributed by atoms with E-state index in [-0.39, 0.29) is 29.1 Å². The Labute approximate surface area is 228 Å². The quantitative estimate of drug-likeness (QED) is 0.393. The Bertz CT molecular complexity index is 1360. The molecule has 0 bridgehead atoms. The summed E-state index contributed by atoms with van der Waals surface area (Å²) >= 11 is 1.53. The SMILES string of the molecule is CC(C)OC(=O)N[C@H]1CC[C@H](c2ncc(-c3ccc(-c4cncnc4)cc3S(=O)(=O)NC(C)(C)C)s2)CC1. The van der Waals surface area contributed by atoms with Gasteiger partial charge in [0.15, 0.2) is 0 Å². The number of thiazole rings is 1. The van der Waals surface area contributed by atoms with Gasteiger partial charge in [-0.15, -0.1) is 11.3 Å². The first-order chi connectivity index (χ1) is 17.9. The molecule has 0 radical (unpaired) electrons. The number of aromatic nitrogens is 3. The van der Waals surface area contributed by atoms with Gasteiger partial charge in [-0.25, -0.2) is 32.9 Å². The number of carbonyl (C=O) groups excluding carboxylic acids is 1. The Kier molecular flexibility index (Phi) is 8.49. The first kappa shape index (κ1) is 28.1. The molecule has 9 nitrogen and oxygen atoms in total. The van der Waals surface area contributed by atoms with Crippen LogP contribution in [-0.2, 0) is 14.8 Å². The van der Waals surface area contributed by atoms with Gasteiger partial charge in [-0.2, -0.15) is 0 Å². The number of amides is 1. The lowest BCUT2D eigenvalue weighted by atomic mass is 9.86. The summed E-state index contributed by atoms with van der Waals surface area (Å²) in [6, 6.07) is 5.48. The maximum Gasteiger partial charge on any atom is 0.407 e. The number of sulfonamides is 1. The molecule has 4 rings (SSSR count). The maximum atomic E-state index is 13.5. The minimum atomic E-state index is -3.83. The highest BCUT2D eigenvalue weighted by Gasteiger charge is 2.29. The van der Waals surface area contributed by atoms with Crippen molar-refractivity contribution in [1.82, 2.24) is 25.0 Å². The smallest absolute Gasteiger partial charge is 0.407 e. The van der Waals surface area contributed by atoms with E-state index < -0.39 is 15.6 Å². The second-order valence-corrected chi connectivity index (χ2v) is 13.6. The van der Waals surface area contributed by atoms with Gasteiger partial charge in [-0.3, -0.25) is 0 Å². The third kappa shape index (κ3) is 7.15. The summed E-state index contributed by atoms with van der Waals surface area (Å²) in [6.45, 7) is 9.11. The van der Waals surface area contributed by atoms with E-state index in [1.165, 1.54) is 17.7 Å². The number of nitrogens with one attached hydrogen (secondary N) is 2. The molecule has 38 heavy (non-hydrogen) atoms. The third-order valence-electron chi connectivity index (χ3n) is 6.14. The second-order valence-electron chi connectivity index (χ2n) is 10.9. The van der Waals surface area contributed by atoms with Crippen LogP contribution >= 0.6 is 11.3 Å².